The molecule has 0 aliphatic carbocycles. The fraction of sp³-hybridized carbons (Fsp3) is 0.294. The Bertz CT molecular complexity index is 580. The van der Waals surface area contributed by atoms with Crippen LogP contribution >= 0.6 is 11.3 Å². The van der Waals surface area contributed by atoms with E-state index in [1.165, 1.54) is 6.07 Å². The van der Waals surface area contributed by atoms with Crippen LogP contribution < -0.4 is 5.32 Å². The Balaban J connectivity index is 1.84. The van der Waals surface area contributed by atoms with Crippen molar-refractivity contribution in [1.82, 2.24) is 5.32 Å². The van der Waals surface area contributed by atoms with Gasteiger partial charge in [0.05, 0.1) is 13.2 Å². The first-order valence-corrected chi connectivity index (χ1v) is 7.80. The molecule has 0 aliphatic rings. The molecule has 0 radical (unpaired) electrons. The van der Waals surface area contributed by atoms with Crippen LogP contribution in [0.3, 0.4) is 0 Å². The van der Waals surface area contributed by atoms with Crippen LogP contribution in [0.2, 0.25) is 0 Å². The van der Waals surface area contributed by atoms with Gasteiger partial charge in [0.15, 0.2) is 0 Å². The number of rotatable bonds is 8. The van der Waals surface area contributed by atoms with Crippen LogP contribution in [0.4, 0.5) is 4.39 Å². The fourth-order valence-electron chi connectivity index (χ4n) is 1.93. The third-order valence-electron chi connectivity index (χ3n) is 2.92. The van der Waals surface area contributed by atoms with Crippen LogP contribution in [-0.2, 0) is 11.3 Å². The standard InChI is InChI=1S/C17H20FNOS/c1-13(2)12-20-8-7-19-11-14-5-6-16(18)15(10-14)17-4-3-9-21-17/h3-6,9-10,19H,1,7-8,11-12H2,2H3. The number of benzene rings is 1. The van der Waals surface area contributed by atoms with Crippen molar-refractivity contribution in [2.75, 3.05) is 19.8 Å². The lowest BCUT2D eigenvalue weighted by atomic mass is 10.1. The highest BCUT2D eigenvalue weighted by Gasteiger charge is 2.07. The Hall–Kier alpha value is -1.49. The van der Waals surface area contributed by atoms with Crippen LogP contribution in [0.15, 0.2) is 47.9 Å². The normalized spacial score (nSPS) is 10.8. The van der Waals surface area contributed by atoms with Crippen molar-refractivity contribution in [2.45, 2.75) is 13.5 Å². The van der Waals surface area contributed by atoms with Crippen molar-refractivity contribution in [3.63, 3.8) is 0 Å². The van der Waals surface area contributed by atoms with E-state index in [1.807, 2.05) is 36.6 Å². The number of ether oxygens (including phenoxy) is 1. The Morgan fingerprint density at radius 2 is 2.24 bits per heavy atom. The van der Waals surface area contributed by atoms with Gasteiger partial charge < -0.3 is 10.1 Å². The summed E-state index contributed by atoms with van der Waals surface area (Å²) in [6.45, 7) is 8.43. The van der Waals surface area contributed by atoms with E-state index in [4.69, 9.17) is 4.74 Å². The lowest BCUT2D eigenvalue weighted by molar-refractivity contribution is 0.158. The Labute approximate surface area is 129 Å². The van der Waals surface area contributed by atoms with E-state index in [9.17, 15) is 4.39 Å². The average Bonchev–Trinajstić information content (AvgIpc) is 2.98. The molecule has 4 heteroatoms. The van der Waals surface area contributed by atoms with Crippen LogP contribution in [0.1, 0.15) is 12.5 Å². The molecule has 0 unspecified atom stereocenters. The minimum absolute atomic E-state index is 0.175. The molecule has 0 spiro atoms. The molecule has 112 valence electrons. The lowest BCUT2D eigenvalue weighted by Gasteiger charge is -2.08. The molecule has 0 saturated carbocycles. The van der Waals surface area contributed by atoms with Gasteiger partial charge in [-0.1, -0.05) is 24.3 Å². The number of hydrogen-bond donors (Lipinski definition) is 1. The van der Waals surface area contributed by atoms with Gasteiger partial charge in [0.1, 0.15) is 5.82 Å². The maximum absolute atomic E-state index is 13.9. The second-order valence-electron chi connectivity index (χ2n) is 4.98. The molecule has 0 saturated heterocycles. The fourth-order valence-corrected chi connectivity index (χ4v) is 2.67. The molecular formula is C17H20FNOS. The molecule has 1 aromatic carbocycles. The minimum Gasteiger partial charge on any atom is -0.376 e. The van der Waals surface area contributed by atoms with Gasteiger partial charge in [-0.15, -0.1) is 11.3 Å². The van der Waals surface area contributed by atoms with Gasteiger partial charge in [0.2, 0.25) is 0 Å². The van der Waals surface area contributed by atoms with Crippen LogP contribution in [0.25, 0.3) is 10.4 Å². The lowest BCUT2D eigenvalue weighted by Crippen LogP contribution is -2.19. The van der Waals surface area contributed by atoms with Gasteiger partial charge in [0, 0.05) is 23.5 Å². The SMILES string of the molecule is C=C(C)COCCNCc1ccc(F)c(-c2cccs2)c1. The summed E-state index contributed by atoms with van der Waals surface area (Å²) in [5, 5.41) is 5.25. The van der Waals surface area contributed by atoms with E-state index >= 15 is 0 Å². The zero-order valence-corrected chi connectivity index (χ0v) is 13.0. The van der Waals surface area contributed by atoms with E-state index in [1.54, 1.807) is 11.3 Å². The highest BCUT2D eigenvalue weighted by Crippen LogP contribution is 2.28. The number of hydrogen-bond acceptors (Lipinski definition) is 3. The Morgan fingerprint density at radius 3 is 2.95 bits per heavy atom. The summed E-state index contributed by atoms with van der Waals surface area (Å²) in [4.78, 5) is 0.958. The summed E-state index contributed by atoms with van der Waals surface area (Å²) in [5.74, 6) is -0.175. The molecule has 2 rings (SSSR count). The summed E-state index contributed by atoms with van der Waals surface area (Å²) in [6, 6.07) is 9.12. The quantitative estimate of drug-likeness (QED) is 0.582. The van der Waals surface area contributed by atoms with Crippen LogP contribution in [0.5, 0.6) is 0 Å². The van der Waals surface area contributed by atoms with Crippen LogP contribution in [0, 0.1) is 5.82 Å². The van der Waals surface area contributed by atoms with Gasteiger partial charge in [-0.25, -0.2) is 4.39 Å². The van der Waals surface area contributed by atoms with E-state index in [0.717, 1.165) is 22.6 Å². The number of thiophene rings is 1. The van der Waals surface area contributed by atoms with Crippen molar-refractivity contribution in [3.8, 4) is 10.4 Å². The Morgan fingerprint density at radius 1 is 1.38 bits per heavy atom. The van der Waals surface area contributed by atoms with E-state index in [0.29, 0.717) is 25.3 Å². The summed E-state index contributed by atoms with van der Waals surface area (Å²) < 4.78 is 19.3. The molecule has 0 bridgehead atoms. The van der Waals surface area contributed by atoms with E-state index in [2.05, 4.69) is 11.9 Å². The summed E-state index contributed by atoms with van der Waals surface area (Å²) in [6.07, 6.45) is 0. The second kappa shape index (κ2) is 8.08. The van der Waals surface area contributed by atoms with Gasteiger partial charge in [0.25, 0.3) is 0 Å². The molecule has 0 atom stereocenters. The molecule has 21 heavy (non-hydrogen) atoms. The summed E-state index contributed by atoms with van der Waals surface area (Å²) >= 11 is 1.55. The second-order valence-corrected chi connectivity index (χ2v) is 5.93. The number of halogens is 1. The summed E-state index contributed by atoms with van der Waals surface area (Å²) in [5.41, 5.74) is 2.76. The Kier molecular flexibility index (Phi) is 6.11. The third kappa shape index (κ3) is 5.08. The first-order chi connectivity index (χ1) is 10.2. The first kappa shape index (κ1) is 15.9. The average molecular weight is 305 g/mol. The van der Waals surface area contributed by atoms with Crippen molar-refractivity contribution in [3.05, 3.63) is 59.2 Å². The van der Waals surface area contributed by atoms with Gasteiger partial charge in [-0.3, -0.25) is 0 Å². The molecule has 2 aromatic rings. The zero-order chi connectivity index (χ0) is 15.1. The first-order valence-electron chi connectivity index (χ1n) is 6.92. The van der Waals surface area contributed by atoms with Crippen LogP contribution in [-0.4, -0.2) is 19.8 Å². The predicted octanol–water partition coefficient (Wildman–Crippen LogP) is 4.24. The highest BCUT2D eigenvalue weighted by molar-refractivity contribution is 7.13. The molecule has 0 amide bonds. The molecule has 0 fully saturated rings. The van der Waals surface area contributed by atoms with E-state index in [-0.39, 0.29) is 5.82 Å². The van der Waals surface area contributed by atoms with Crippen molar-refractivity contribution < 1.29 is 9.13 Å². The zero-order valence-electron chi connectivity index (χ0n) is 12.2. The topological polar surface area (TPSA) is 21.3 Å². The molecule has 0 aliphatic heterocycles. The smallest absolute Gasteiger partial charge is 0.131 e. The molecule has 2 nitrogen and oxygen atoms in total. The largest absolute Gasteiger partial charge is 0.376 e. The monoisotopic (exact) mass is 305 g/mol. The van der Waals surface area contributed by atoms with Crippen molar-refractivity contribution in [1.29, 1.82) is 0 Å². The molecular weight excluding hydrogens is 285 g/mol. The summed E-state index contributed by atoms with van der Waals surface area (Å²) in [7, 11) is 0. The van der Waals surface area contributed by atoms with Gasteiger partial charge >= 0.3 is 0 Å². The van der Waals surface area contributed by atoms with E-state index < -0.39 is 0 Å². The molecule has 1 aromatic heterocycles. The maximum Gasteiger partial charge on any atom is 0.131 e. The van der Waals surface area contributed by atoms with Gasteiger partial charge in [-0.2, -0.15) is 0 Å². The predicted molar refractivity (Wildman–Crippen MR) is 87.1 cm³/mol. The third-order valence-corrected chi connectivity index (χ3v) is 3.82. The van der Waals surface area contributed by atoms with Gasteiger partial charge in [-0.05, 0) is 36.1 Å². The van der Waals surface area contributed by atoms with Crippen molar-refractivity contribution >= 4 is 11.3 Å². The highest BCUT2D eigenvalue weighted by atomic mass is 32.1. The van der Waals surface area contributed by atoms with Crippen molar-refractivity contribution in [2.24, 2.45) is 0 Å². The maximum atomic E-state index is 13.9. The number of nitrogens with one attached hydrogen (secondary N) is 1. The molecule has 1 heterocycles. The molecule has 1 N–H and O–H groups in total. The minimum atomic E-state index is -0.175.